The molecule has 0 amide bonds. The van der Waals surface area contributed by atoms with Gasteiger partial charge < -0.3 is 9.47 Å². The fourth-order valence-corrected chi connectivity index (χ4v) is 6.99. The zero-order valence-corrected chi connectivity index (χ0v) is 19.5. The molecule has 1 spiro atoms. The fourth-order valence-electron chi connectivity index (χ4n) is 4.87. The molecule has 2 fully saturated rings. The van der Waals surface area contributed by atoms with Crippen LogP contribution in [0.1, 0.15) is 0 Å². The minimum atomic E-state index is -0.744. The summed E-state index contributed by atoms with van der Waals surface area (Å²) in [5, 5.41) is 13.8. The molecule has 168 valence electrons. The topological polar surface area (TPSA) is 83.8 Å². The molecule has 2 aromatic carbocycles. The van der Waals surface area contributed by atoms with Crippen molar-refractivity contribution in [2.24, 2.45) is 16.1 Å². The van der Waals surface area contributed by atoms with Gasteiger partial charge >= 0.3 is 11.9 Å². The number of benzene rings is 2. The van der Waals surface area contributed by atoms with Crippen molar-refractivity contribution in [1.29, 1.82) is 0 Å². The smallest absolute Gasteiger partial charge is 0.356 e. The molecule has 2 saturated heterocycles. The van der Waals surface area contributed by atoms with E-state index in [0.29, 0.717) is 15.8 Å². The molecule has 0 unspecified atom stereocenters. The molecule has 8 nitrogen and oxygen atoms in total. The maximum Gasteiger partial charge on any atom is 0.356 e. The lowest BCUT2D eigenvalue weighted by Crippen LogP contribution is -2.50. The van der Waals surface area contributed by atoms with Crippen molar-refractivity contribution in [2.75, 3.05) is 23.7 Å². The van der Waals surface area contributed by atoms with Gasteiger partial charge in [-0.05, 0) is 48.5 Å². The molecule has 0 bridgehead atoms. The number of thioether (sulfide) groups is 1. The number of hydrogen-bond donors (Lipinski definition) is 0. The first-order valence-electron chi connectivity index (χ1n) is 10.1. The SMILES string of the molecule is COC(=O)C1=NN(c2ccc(Cl)cc2)[C@H]2S[C@]34COC(=O)C3=NN(c3ccc(Cl)cc3)[C@@H]4[C@@H]12. The van der Waals surface area contributed by atoms with Crippen LogP contribution in [0.2, 0.25) is 10.0 Å². The highest BCUT2D eigenvalue weighted by atomic mass is 35.5. The van der Waals surface area contributed by atoms with Crippen LogP contribution in [0.3, 0.4) is 0 Å². The van der Waals surface area contributed by atoms with Gasteiger partial charge in [0.05, 0.1) is 30.4 Å². The summed E-state index contributed by atoms with van der Waals surface area (Å²) in [7, 11) is 1.33. The van der Waals surface area contributed by atoms with E-state index in [0.717, 1.165) is 11.4 Å². The number of rotatable bonds is 3. The number of hydrogen-bond acceptors (Lipinski definition) is 9. The molecule has 0 radical (unpaired) electrons. The van der Waals surface area contributed by atoms with Crippen molar-refractivity contribution in [3.8, 4) is 0 Å². The van der Waals surface area contributed by atoms with Crippen molar-refractivity contribution >= 4 is 69.7 Å². The number of carbonyl (C=O) groups excluding carboxylic acids is 2. The standard InChI is InChI=1S/C22H16Cl2N4O4S/c1-31-20(29)16-15-18-22(33-19(15)28(25-16)14-8-4-12(24)5-9-14)10-32-21(30)17(22)26-27(18)13-6-2-11(23)3-7-13/h2-9,15,18-19H,10H2,1H3/t15-,18-,19+,22-/m1/s1. The second-order valence-corrected chi connectivity index (χ2v) is 10.3. The number of cyclic esters (lactones) is 1. The lowest BCUT2D eigenvalue weighted by Gasteiger charge is -2.31. The Morgan fingerprint density at radius 3 is 2.27 bits per heavy atom. The highest BCUT2D eigenvalue weighted by Crippen LogP contribution is 2.59. The quantitative estimate of drug-likeness (QED) is 0.593. The average Bonchev–Trinajstić information content (AvgIpc) is 3.51. The Bertz CT molecular complexity index is 1240. The van der Waals surface area contributed by atoms with E-state index in [2.05, 4.69) is 10.2 Å². The Morgan fingerprint density at radius 2 is 1.67 bits per heavy atom. The van der Waals surface area contributed by atoms with Crippen LogP contribution in [0.25, 0.3) is 0 Å². The number of methoxy groups -OCH3 is 1. The average molecular weight is 503 g/mol. The van der Waals surface area contributed by atoms with Gasteiger partial charge in [0, 0.05) is 10.0 Å². The highest BCUT2D eigenvalue weighted by molar-refractivity contribution is 8.02. The van der Waals surface area contributed by atoms with Gasteiger partial charge in [-0.3, -0.25) is 10.0 Å². The second kappa shape index (κ2) is 7.38. The van der Waals surface area contributed by atoms with Gasteiger partial charge in [0.2, 0.25) is 0 Å². The van der Waals surface area contributed by atoms with Crippen molar-refractivity contribution in [2.45, 2.75) is 16.2 Å². The first-order valence-corrected chi connectivity index (χ1v) is 11.8. The van der Waals surface area contributed by atoms with Crippen LogP contribution in [0, 0.1) is 5.92 Å². The summed E-state index contributed by atoms with van der Waals surface area (Å²) in [5.41, 5.74) is 2.16. The molecular formula is C22H16Cl2N4O4S. The van der Waals surface area contributed by atoms with Gasteiger partial charge in [0.1, 0.15) is 16.7 Å². The van der Waals surface area contributed by atoms with Gasteiger partial charge in [0.15, 0.2) is 11.4 Å². The summed E-state index contributed by atoms with van der Waals surface area (Å²) in [6, 6.07) is 14.0. The van der Waals surface area contributed by atoms with Gasteiger partial charge in [-0.2, -0.15) is 10.2 Å². The molecule has 0 saturated carbocycles. The zero-order valence-electron chi connectivity index (χ0n) is 17.1. The van der Waals surface area contributed by atoms with Crippen LogP contribution >= 0.6 is 35.0 Å². The number of hydrazone groups is 2. The Balaban J connectivity index is 1.49. The first kappa shape index (κ1) is 20.8. The van der Waals surface area contributed by atoms with Crippen LogP contribution in [-0.4, -0.2) is 53.2 Å². The monoisotopic (exact) mass is 502 g/mol. The molecule has 6 rings (SSSR count). The molecule has 4 heterocycles. The normalized spacial score (nSPS) is 29.3. The number of fused-ring (bicyclic) bond motifs is 2. The predicted octanol–water partition coefficient (Wildman–Crippen LogP) is 3.57. The van der Waals surface area contributed by atoms with E-state index in [1.807, 2.05) is 24.3 Å². The van der Waals surface area contributed by atoms with Crippen LogP contribution in [0.4, 0.5) is 11.4 Å². The van der Waals surface area contributed by atoms with E-state index < -0.39 is 22.6 Å². The van der Waals surface area contributed by atoms with Crippen LogP contribution in [0.15, 0.2) is 58.7 Å². The molecule has 33 heavy (non-hydrogen) atoms. The predicted molar refractivity (Wildman–Crippen MR) is 127 cm³/mol. The van der Waals surface area contributed by atoms with E-state index in [1.165, 1.54) is 7.11 Å². The molecule has 0 aliphatic carbocycles. The van der Waals surface area contributed by atoms with E-state index in [-0.39, 0.29) is 23.7 Å². The highest BCUT2D eigenvalue weighted by Gasteiger charge is 2.72. The zero-order chi connectivity index (χ0) is 22.9. The van der Waals surface area contributed by atoms with Crippen molar-refractivity contribution in [3.63, 3.8) is 0 Å². The Morgan fingerprint density at radius 1 is 1.06 bits per heavy atom. The second-order valence-electron chi connectivity index (χ2n) is 8.01. The molecule has 4 aliphatic heterocycles. The Labute approximate surface area is 203 Å². The third-order valence-corrected chi connectivity index (χ3v) is 8.50. The molecule has 11 heteroatoms. The first-order chi connectivity index (χ1) is 15.9. The summed E-state index contributed by atoms with van der Waals surface area (Å²) in [6.07, 6.45) is 0. The molecular weight excluding hydrogens is 487 g/mol. The van der Waals surface area contributed by atoms with Gasteiger partial charge in [0.25, 0.3) is 0 Å². The molecule has 2 aromatic rings. The van der Waals surface area contributed by atoms with Crippen molar-refractivity contribution in [3.05, 3.63) is 58.6 Å². The Kier molecular flexibility index (Phi) is 4.66. The van der Waals surface area contributed by atoms with Crippen LogP contribution < -0.4 is 10.0 Å². The van der Waals surface area contributed by atoms with E-state index in [1.54, 1.807) is 46.0 Å². The number of carbonyl (C=O) groups is 2. The summed E-state index contributed by atoms with van der Waals surface area (Å²) >= 11 is 13.7. The number of ether oxygens (including phenoxy) is 2. The summed E-state index contributed by atoms with van der Waals surface area (Å²) in [5.74, 6) is -1.36. The summed E-state index contributed by atoms with van der Waals surface area (Å²) < 4.78 is 9.78. The lowest BCUT2D eigenvalue weighted by atomic mass is 9.84. The molecule has 0 aromatic heterocycles. The lowest BCUT2D eigenvalue weighted by molar-refractivity contribution is -0.134. The minimum absolute atomic E-state index is 0.167. The van der Waals surface area contributed by atoms with E-state index in [9.17, 15) is 9.59 Å². The third kappa shape index (κ3) is 2.92. The number of halogens is 2. The van der Waals surface area contributed by atoms with Gasteiger partial charge in [-0.25, -0.2) is 9.59 Å². The molecule has 0 N–H and O–H groups in total. The van der Waals surface area contributed by atoms with E-state index >= 15 is 0 Å². The molecule has 4 atom stereocenters. The van der Waals surface area contributed by atoms with Crippen molar-refractivity contribution < 1.29 is 19.1 Å². The third-order valence-electron chi connectivity index (χ3n) is 6.29. The van der Waals surface area contributed by atoms with Crippen LogP contribution in [0.5, 0.6) is 0 Å². The fraction of sp³-hybridized carbons (Fsp3) is 0.273. The largest absolute Gasteiger partial charge is 0.464 e. The molecule has 4 aliphatic rings. The maximum atomic E-state index is 12.8. The maximum absolute atomic E-state index is 12.8. The Hall–Kier alpha value is -2.75. The van der Waals surface area contributed by atoms with Gasteiger partial charge in [-0.15, -0.1) is 11.8 Å². The summed E-state index contributed by atoms with van der Waals surface area (Å²) in [4.78, 5) is 25.5. The number of esters is 2. The minimum Gasteiger partial charge on any atom is -0.464 e. The van der Waals surface area contributed by atoms with Crippen molar-refractivity contribution in [1.82, 2.24) is 0 Å². The number of nitrogens with zero attached hydrogens (tertiary/aromatic N) is 4. The van der Waals surface area contributed by atoms with Gasteiger partial charge in [-0.1, -0.05) is 23.2 Å². The van der Waals surface area contributed by atoms with Crippen LogP contribution in [-0.2, 0) is 19.1 Å². The summed E-state index contributed by atoms with van der Waals surface area (Å²) in [6.45, 7) is 0.167. The number of anilines is 2. The van der Waals surface area contributed by atoms with E-state index in [4.69, 9.17) is 32.7 Å².